The van der Waals surface area contributed by atoms with Gasteiger partial charge in [-0.3, -0.25) is 18.4 Å². The Kier molecular flexibility index (Phi) is 9.89. The molecule has 0 N–H and O–H groups in total. The number of hydrogen-bond donors (Lipinski definition) is 0. The third-order valence-corrected chi connectivity index (χ3v) is 11.0. The number of nitrogens with zero attached hydrogens (tertiary/aromatic N) is 10. The smallest absolute Gasteiger partial charge is 0.258 e. The van der Waals surface area contributed by atoms with E-state index >= 15 is 0 Å². The van der Waals surface area contributed by atoms with Crippen LogP contribution in [0.4, 0.5) is 20.2 Å². The van der Waals surface area contributed by atoms with Gasteiger partial charge in [-0.2, -0.15) is 0 Å². The van der Waals surface area contributed by atoms with Crippen LogP contribution in [0.25, 0.3) is 56.0 Å². The Morgan fingerprint density at radius 3 is 1.47 bits per heavy atom. The summed E-state index contributed by atoms with van der Waals surface area (Å²) in [5.74, 6) is -0.219. The molecule has 0 unspecified atom stereocenters. The first-order valence-corrected chi connectivity index (χ1v) is 19.6. The molecule has 59 heavy (non-hydrogen) atoms. The lowest BCUT2D eigenvalue weighted by atomic mass is 10.1. The standard InChI is InChI=1S/C22H22FN5O2.C21H20FN5O2/c1-3-26-6-8-27(9-7-26)16-4-5-20-25-18(12-21(29)28(20)13-16)15-10-17(23)22-19(11-15)30-14(2)24-22;1-13-23-21-16(22)9-14(10-18(21)29-13)17-11-20(28)27-12-15(3-4-19(27)24-17)26-7-5-25(2)6-8-26/h4-5,10-13H,3,6-9H2,1-2H3;3-4,9-12H,5-8H2,1-2H3. The van der Waals surface area contributed by atoms with Crippen molar-refractivity contribution in [1.29, 1.82) is 0 Å². The Balaban J connectivity index is 0.000000152. The first-order chi connectivity index (χ1) is 28.5. The second kappa shape index (κ2) is 15.3. The average Bonchev–Trinajstić information content (AvgIpc) is 3.82. The van der Waals surface area contributed by atoms with Gasteiger partial charge in [0.15, 0.2) is 34.6 Å². The zero-order valence-corrected chi connectivity index (χ0v) is 33.2. The maximum Gasteiger partial charge on any atom is 0.258 e. The number of fused-ring (bicyclic) bond motifs is 4. The summed E-state index contributed by atoms with van der Waals surface area (Å²) >= 11 is 0. The predicted molar refractivity (Wildman–Crippen MR) is 222 cm³/mol. The van der Waals surface area contributed by atoms with Gasteiger partial charge in [-0.25, -0.2) is 28.7 Å². The van der Waals surface area contributed by atoms with E-state index in [0.717, 1.165) is 70.3 Å². The molecule has 2 aliphatic heterocycles. The van der Waals surface area contributed by atoms with Gasteiger partial charge in [-0.15, -0.1) is 0 Å². The minimum absolute atomic E-state index is 0.181. The zero-order chi connectivity index (χ0) is 40.9. The molecule has 0 spiro atoms. The molecule has 0 amide bonds. The van der Waals surface area contributed by atoms with Crippen LogP contribution < -0.4 is 20.9 Å². The molecule has 8 aromatic rings. The molecule has 2 fully saturated rings. The summed E-state index contributed by atoms with van der Waals surface area (Å²) in [6.45, 7) is 14.2. The van der Waals surface area contributed by atoms with E-state index in [1.165, 1.54) is 28.7 Å². The Labute approximate surface area is 336 Å². The van der Waals surface area contributed by atoms with Gasteiger partial charge in [-0.1, -0.05) is 6.92 Å². The Morgan fingerprint density at radius 2 is 1.03 bits per heavy atom. The van der Waals surface area contributed by atoms with Crippen molar-refractivity contribution in [3.05, 3.63) is 117 Å². The topological polar surface area (TPSA) is 134 Å². The number of rotatable bonds is 5. The highest BCUT2D eigenvalue weighted by Gasteiger charge is 2.19. The number of benzene rings is 2. The number of aryl methyl sites for hydroxylation is 2. The highest BCUT2D eigenvalue weighted by molar-refractivity contribution is 5.81. The number of likely N-dealkylation sites (N-methyl/N-ethyl adjacent to an activating group) is 2. The van der Waals surface area contributed by atoms with Crippen LogP contribution in [0.15, 0.2) is 91.5 Å². The number of hydrogen-bond acceptors (Lipinski definition) is 12. The van der Waals surface area contributed by atoms with Crippen LogP contribution in [-0.2, 0) is 0 Å². The molecule has 14 nitrogen and oxygen atoms in total. The lowest BCUT2D eigenvalue weighted by Crippen LogP contribution is -2.46. The van der Waals surface area contributed by atoms with E-state index in [1.807, 2.05) is 36.7 Å². The van der Waals surface area contributed by atoms with Crippen molar-refractivity contribution < 1.29 is 17.6 Å². The molecule has 0 radical (unpaired) electrons. The number of pyridine rings is 2. The van der Waals surface area contributed by atoms with E-state index in [-0.39, 0.29) is 22.2 Å². The highest BCUT2D eigenvalue weighted by Crippen LogP contribution is 2.28. The van der Waals surface area contributed by atoms with Gasteiger partial charge in [0.1, 0.15) is 22.3 Å². The van der Waals surface area contributed by atoms with Crippen molar-refractivity contribution in [2.45, 2.75) is 20.8 Å². The van der Waals surface area contributed by atoms with Gasteiger partial charge >= 0.3 is 0 Å². The van der Waals surface area contributed by atoms with Crippen molar-refractivity contribution in [2.24, 2.45) is 0 Å². The summed E-state index contributed by atoms with van der Waals surface area (Å²) in [6, 6.07) is 16.5. The molecule has 0 saturated carbocycles. The van der Waals surface area contributed by atoms with Gasteiger partial charge in [0.2, 0.25) is 0 Å². The van der Waals surface area contributed by atoms with Crippen molar-refractivity contribution in [3.63, 3.8) is 0 Å². The van der Waals surface area contributed by atoms with Gasteiger partial charge in [0.25, 0.3) is 11.1 Å². The first-order valence-electron chi connectivity index (χ1n) is 19.6. The van der Waals surface area contributed by atoms with Gasteiger partial charge < -0.3 is 28.4 Å². The molecule has 2 saturated heterocycles. The van der Waals surface area contributed by atoms with Crippen molar-refractivity contribution in [1.82, 2.24) is 38.5 Å². The molecule has 2 aliphatic rings. The molecule has 2 aromatic carbocycles. The van der Waals surface area contributed by atoms with E-state index < -0.39 is 11.6 Å². The molecule has 10 rings (SSSR count). The van der Waals surface area contributed by atoms with Gasteiger partial charge in [0, 0.05) is 102 Å². The maximum absolute atomic E-state index is 14.4. The molecule has 0 atom stereocenters. The molecular formula is C43H42F2N10O4. The molecule has 0 bridgehead atoms. The monoisotopic (exact) mass is 800 g/mol. The molecular weight excluding hydrogens is 759 g/mol. The number of halogens is 2. The lowest BCUT2D eigenvalue weighted by molar-refractivity contribution is 0.271. The Bertz CT molecular complexity index is 3000. The van der Waals surface area contributed by atoms with Crippen LogP contribution in [0.2, 0.25) is 0 Å². The summed E-state index contributed by atoms with van der Waals surface area (Å²) in [6.07, 6.45) is 3.66. The van der Waals surface area contributed by atoms with Crippen LogP contribution in [-0.4, -0.2) is 104 Å². The minimum Gasteiger partial charge on any atom is -0.441 e. The normalized spacial score (nSPS) is 15.4. The summed E-state index contributed by atoms with van der Waals surface area (Å²) in [5, 5.41) is 0. The molecule has 302 valence electrons. The summed E-state index contributed by atoms with van der Waals surface area (Å²) in [4.78, 5) is 52.1. The number of anilines is 2. The minimum atomic E-state index is -0.498. The quantitative estimate of drug-likeness (QED) is 0.209. The Hall–Kier alpha value is -6.52. The summed E-state index contributed by atoms with van der Waals surface area (Å²) < 4.78 is 42.8. The molecule has 6 aromatic heterocycles. The average molecular weight is 801 g/mol. The van der Waals surface area contributed by atoms with Crippen molar-refractivity contribution in [3.8, 4) is 22.5 Å². The fraction of sp³-hybridized carbons (Fsp3) is 0.302. The summed E-state index contributed by atoms with van der Waals surface area (Å²) in [5.41, 5.74) is 5.40. The van der Waals surface area contributed by atoms with Crippen LogP contribution in [0.1, 0.15) is 18.7 Å². The number of piperazine rings is 2. The fourth-order valence-electron chi connectivity index (χ4n) is 7.73. The second-order valence-corrected chi connectivity index (χ2v) is 15.0. The highest BCUT2D eigenvalue weighted by atomic mass is 19.1. The second-order valence-electron chi connectivity index (χ2n) is 15.0. The van der Waals surface area contributed by atoms with Crippen LogP contribution in [0, 0.1) is 25.5 Å². The van der Waals surface area contributed by atoms with Crippen LogP contribution in [0.5, 0.6) is 0 Å². The molecule has 16 heteroatoms. The lowest BCUT2D eigenvalue weighted by Gasteiger charge is -2.35. The van der Waals surface area contributed by atoms with Crippen LogP contribution in [0.3, 0.4) is 0 Å². The fourth-order valence-corrected chi connectivity index (χ4v) is 7.73. The van der Waals surface area contributed by atoms with Crippen LogP contribution >= 0.6 is 0 Å². The largest absolute Gasteiger partial charge is 0.441 e. The molecule has 0 aliphatic carbocycles. The third kappa shape index (κ3) is 7.52. The summed E-state index contributed by atoms with van der Waals surface area (Å²) in [7, 11) is 2.11. The van der Waals surface area contributed by atoms with E-state index in [4.69, 9.17) is 8.83 Å². The molecule has 8 heterocycles. The number of oxazole rings is 2. The maximum atomic E-state index is 14.4. The van der Waals surface area contributed by atoms with Crippen molar-refractivity contribution >= 4 is 44.9 Å². The Morgan fingerprint density at radius 1 is 0.593 bits per heavy atom. The first kappa shape index (κ1) is 38.0. The van der Waals surface area contributed by atoms with Gasteiger partial charge in [0.05, 0.1) is 22.8 Å². The van der Waals surface area contributed by atoms with E-state index in [9.17, 15) is 18.4 Å². The van der Waals surface area contributed by atoms with E-state index in [0.29, 0.717) is 56.8 Å². The van der Waals surface area contributed by atoms with Crippen molar-refractivity contribution in [2.75, 3.05) is 75.8 Å². The van der Waals surface area contributed by atoms with E-state index in [1.54, 1.807) is 30.4 Å². The number of aromatic nitrogens is 6. The third-order valence-electron chi connectivity index (χ3n) is 11.0. The SMILES string of the molecule is CCN1CCN(c2ccc3nc(-c4cc(F)c5nc(C)oc5c4)cc(=O)n3c2)CC1.Cc1nc2c(F)cc(-c3cc(=O)n4cc(N5CCN(C)CC5)ccc4n3)cc2o1. The van der Waals surface area contributed by atoms with E-state index in [2.05, 4.69) is 53.5 Å². The zero-order valence-electron chi connectivity index (χ0n) is 33.2. The predicted octanol–water partition coefficient (Wildman–Crippen LogP) is 5.79. The van der Waals surface area contributed by atoms with Gasteiger partial charge in [-0.05, 0) is 62.1 Å².